The van der Waals surface area contributed by atoms with Crippen molar-refractivity contribution < 1.29 is 18.8 Å². The first-order chi connectivity index (χ1) is 8.02. The number of ether oxygens (including phenoxy) is 1. The smallest absolute Gasteiger partial charge is 0.463 e. The van der Waals surface area contributed by atoms with Crippen LogP contribution in [0.15, 0.2) is 0 Å². The minimum Gasteiger partial charge on any atom is -0.469 e. The van der Waals surface area contributed by atoms with Crippen molar-refractivity contribution in [1.29, 1.82) is 0 Å². The summed E-state index contributed by atoms with van der Waals surface area (Å²) in [4.78, 5) is 11.2. The Balaban J connectivity index is 2.68. The Morgan fingerprint density at radius 3 is 2.00 bits per heavy atom. The summed E-state index contributed by atoms with van der Waals surface area (Å²) >= 11 is 0. The Morgan fingerprint density at radius 2 is 1.61 bits per heavy atom. The second-order valence-electron chi connectivity index (χ2n) is 6.65. The topological polar surface area (TPSA) is 44.8 Å². The third-order valence-electron chi connectivity index (χ3n) is 4.09. The zero-order valence-electron chi connectivity index (χ0n) is 12.6. The van der Waals surface area contributed by atoms with Gasteiger partial charge in [-0.2, -0.15) is 0 Å². The molecule has 1 aliphatic rings. The molecule has 0 unspecified atom stereocenters. The van der Waals surface area contributed by atoms with Gasteiger partial charge in [0.2, 0.25) is 0 Å². The van der Waals surface area contributed by atoms with Crippen molar-refractivity contribution in [2.24, 2.45) is 0 Å². The molecule has 104 valence electrons. The fourth-order valence-electron chi connectivity index (χ4n) is 1.81. The van der Waals surface area contributed by atoms with E-state index in [1.807, 2.05) is 27.7 Å². The first-order valence-electron chi connectivity index (χ1n) is 6.44. The Hall–Kier alpha value is -0.545. The fraction of sp³-hybridized carbons (Fsp3) is 0.923. The van der Waals surface area contributed by atoms with Crippen molar-refractivity contribution in [3.05, 3.63) is 0 Å². The molecule has 0 radical (unpaired) electrons. The monoisotopic (exact) mass is 256 g/mol. The average molecular weight is 256 g/mol. The molecule has 1 heterocycles. The molecule has 1 rings (SSSR count). The largest absolute Gasteiger partial charge is 0.469 e. The number of methoxy groups -OCH3 is 1. The Morgan fingerprint density at radius 1 is 1.17 bits per heavy atom. The highest BCUT2D eigenvalue weighted by molar-refractivity contribution is 6.49. The van der Waals surface area contributed by atoms with E-state index in [2.05, 4.69) is 18.6 Å². The first kappa shape index (κ1) is 15.5. The van der Waals surface area contributed by atoms with Gasteiger partial charge in [0, 0.05) is 11.7 Å². The molecule has 0 aromatic carbocycles. The zero-order chi connectivity index (χ0) is 14.2. The second-order valence-corrected chi connectivity index (χ2v) is 6.65. The summed E-state index contributed by atoms with van der Waals surface area (Å²) in [6, 6.07) is 0. The SMILES string of the molecule is COC(=O)CCC(C)(C)B1OC(C)(C)C(C)(C)O1. The Kier molecular flexibility index (Phi) is 4.18. The number of carbonyl (C=O) groups is 1. The van der Waals surface area contributed by atoms with E-state index < -0.39 is 0 Å². The number of rotatable bonds is 4. The summed E-state index contributed by atoms with van der Waals surface area (Å²) in [6.45, 7) is 12.2. The van der Waals surface area contributed by atoms with Crippen LogP contribution >= 0.6 is 0 Å². The van der Waals surface area contributed by atoms with Crippen molar-refractivity contribution in [1.82, 2.24) is 0 Å². The third-order valence-corrected chi connectivity index (χ3v) is 4.09. The molecule has 0 saturated carbocycles. The van der Waals surface area contributed by atoms with Gasteiger partial charge in [0.25, 0.3) is 0 Å². The molecule has 1 fully saturated rings. The van der Waals surface area contributed by atoms with Crippen LogP contribution in [0.25, 0.3) is 0 Å². The van der Waals surface area contributed by atoms with Crippen molar-refractivity contribution in [3.8, 4) is 0 Å². The van der Waals surface area contributed by atoms with E-state index in [9.17, 15) is 4.79 Å². The number of esters is 1. The lowest BCUT2D eigenvalue weighted by Crippen LogP contribution is -2.41. The van der Waals surface area contributed by atoms with Gasteiger partial charge in [-0.3, -0.25) is 4.79 Å². The van der Waals surface area contributed by atoms with Crippen molar-refractivity contribution in [2.75, 3.05) is 7.11 Å². The van der Waals surface area contributed by atoms with Gasteiger partial charge in [0.15, 0.2) is 0 Å². The van der Waals surface area contributed by atoms with E-state index >= 15 is 0 Å². The Bertz CT molecular complexity index is 307. The summed E-state index contributed by atoms with van der Waals surface area (Å²) in [5, 5.41) is -0.223. The molecule has 0 bridgehead atoms. The predicted octanol–water partition coefficient (Wildman–Crippen LogP) is 2.81. The molecule has 18 heavy (non-hydrogen) atoms. The first-order valence-corrected chi connectivity index (χ1v) is 6.44. The maximum Gasteiger partial charge on any atom is 0.463 e. The molecule has 0 aliphatic carbocycles. The standard InChI is InChI=1S/C13H25BO4/c1-11(2,9-8-10(15)16-7)14-17-12(3,4)13(5,6)18-14/h8-9H2,1-7H3. The molecule has 0 amide bonds. The van der Waals surface area contributed by atoms with Crippen molar-refractivity contribution in [2.45, 2.75) is 70.9 Å². The van der Waals surface area contributed by atoms with Crippen LogP contribution in [-0.4, -0.2) is 31.4 Å². The quantitative estimate of drug-likeness (QED) is 0.573. The van der Waals surface area contributed by atoms with Gasteiger partial charge in [-0.05, 0) is 34.1 Å². The van der Waals surface area contributed by atoms with Gasteiger partial charge < -0.3 is 14.0 Å². The minimum absolute atomic E-state index is 0.195. The van der Waals surface area contributed by atoms with E-state index in [1.54, 1.807) is 0 Å². The lowest BCUT2D eigenvalue weighted by atomic mass is 9.57. The molecule has 4 nitrogen and oxygen atoms in total. The van der Waals surface area contributed by atoms with Crippen LogP contribution in [0.1, 0.15) is 54.4 Å². The van der Waals surface area contributed by atoms with Crippen LogP contribution in [0.2, 0.25) is 5.31 Å². The fourth-order valence-corrected chi connectivity index (χ4v) is 1.81. The predicted molar refractivity (Wildman–Crippen MR) is 71.4 cm³/mol. The molecule has 0 atom stereocenters. The average Bonchev–Trinajstić information content (AvgIpc) is 2.45. The maximum absolute atomic E-state index is 11.2. The molecule has 5 heteroatoms. The molecule has 1 aliphatic heterocycles. The van der Waals surface area contributed by atoms with Gasteiger partial charge in [-0.1, -0.05) is 13.8 Å². The number of hydrogen-bond donors (Lipinski definition) is 0. The summed E-state index contributed by atoms with van der Waals surface area (Å²) in [7, 11) is 1.11. The minimum atomic E-state index is -0.333. The van der Waals surface area contributed by atoms with Crippen molar-refractivity contribution >= 4 is 13.1 Å². The normalized spacial score (nSPS) is 22.1. The number of carbonyl (C=O) groups excluding carboxylic acids is 1. The van der Waals surface area contributed by atoms with E-state index in [1.165, 1.54) is 7.11 Å². The lowest BCUT2D eigenvalue weighted by Gasteiger charge is -2.32. The molecule has 0 aromatic heterocycles. The maximum atomic E-state index is 11.2. The van der Waals surface area contributed by atoms with Crippen LogP contribution in [0.3, 0.4) is 0 Å². The molecule has 1 saturated heterocycles. The highest BCUT2D eigenvalue weighted by Gasteiger charge is 2.56. The molecular weight excluding hydrogens is 231 g/mol. The third kappa shape index (κ3) is 3.07. The zero-order valence-corrected chi connectivity index (χ0v) is 12.6. The van der Waals surface area contributed by atoms with E-state index in [-0.39, 0.29) is 29.6 Å². The van der Waals surface area contributed by atoms with Gasteiger partial charge in [0.1, 0.15) is 0 Å². The molecule has 0 spiro atoms. The highest BCUT2D eigenvalue weighted by atomic mass is 16.7. The van der Waals surface area contributed by atoms with Crippen LogP contribution in [0, 0.1) is 0 Å². The number of hydrogen-bond acceptors (Lipinski definition) is 4. The second kappa shape index (κ2) is 4.85. The van der Waals surface area contributed by atoms with E-state index in [0.29, 0.717) is 12.8 Å². The summed E-state index contributed by atoms with van der Waals surface area (Å²) in [5.74, 6) is -0.195. The van der Waals surface area contributed by atoms with Crippen LogP contribution in [0.4, 0.5) is 0 Å². The van der Waals surface area contributed by atoms with Crippen molar-refractivity contribution in [3.63, 3.8) is 0 Å². The summed E-state index contributed by atoms with van der Waals surface area (Å²) in [5.41, 5.74) is -0.666. The summed E-state index contributed by atoms with van der Waals surface area (Å²) in [6.07, 6.45) is 1.06. The van der Waals surface area contributed by atoms with Gasteiger partial charge in [-0.25, -0.2) is 0 Å². The molecule has 0 aromatic rings. The van der Waals surface area contributed by atoms with E-state index in [0.717, 1.165) is 0 Å². The van der Waals surface area contributed by atoms with Gasteiger partial charge in [0.05, 0.1) is 18.3 Å². The highest BCUT2D eigenvalue weighted by Crippen LogP contribution is 2.46. The van der Waals surface area contributed by atoms with Crippen LogP contribution < -0.4 is 0 Å². The van der Waals surface area contributed by atoms with Gasteiger partial charge in [-0.15, -0.1) is 0 Å². The van der Waals surface area contributed by atoms with Crippen LogP contribution in [0.5, 0.6) is 0 Å². The van der Waals surface area contributed by atoms with Crippen LogP contribution in [-0.2, 0) is 18.8 Å². The summed E-state index contributed by atoms with van der Waals surface area (Å²) < 4.78 is 16.7. The molecular formula is C13H25BO4. The lowest BCUT2D eigenvalue weighted by molar-refractivity contribution is -0.140. The van der Waals surface area contributed by atoms with E-state index in [4.69, 9.17) is 9.31 Å². The van der Waals surface area contributed by atoms with Gasteiger partial charge >= 0.3 is 13.1 Å². The Labute approximate surface area is 111 Å². The molecule has 0 N–H and O–H groups in total.